The summed E-state index contributed by atoms with van der Waals surface area (Å²) in [4.78, 5) is 15.9. The molecule has 3 heterocycles. The van der Waals surface area contributed by atoms with Crippen LogP contribution in [0.3, 0.4) is 0 Å². The maximum Gasteiger partial charge on any atom is 0.267 e. The van der Waals surface area contributed by atoms with Gasteiger partial charge in [-0.3, -0.25) is 9.89 Å². The summed E-state index contributed by atoms with van der Waals surface area (Å²) in [7, 11) is 2.08. The minimum absolute atomic E-state index is 0.0249. The fourth-order valence-corrected chi connectivity index (χ4v) is 5.62. The molecule has 38 heavy (non-hydrogen) atoms. The largest absolute Gasteiger partial charge is 0.332 e. The fraction of sp³-hybridized carbons (Fsp3) is 0.310. The number of rotatable bonds is 3. The van der Waals surface area contributed by atoms with Crippen molar-refractivity contribution in [3.8, 4) is 22.4 Å². The number of amides is 1. The van der Waals surface area contributed by atoms with E-state index in [1.807, 2.05) is 0 Å². The average Bonchev–Trinajstić information content (AvgIpc) is 3.45. The molecular formula is C29H26F4N4O. The summed E-state index contributed by atoms with van der Waals surface area (Å²) >= 11 is 0. The SMILES string of the molecule is Cc1cc(-c2n[nH]c3cc(F)c(-c4ccc(C(=O)N5CCC(F)(F)C5)cc4F)cc23)cc2c1CCN(C)C2. The molecule has 3 aromatic carbocycles. The van der Waals surface area contributed by atoms with E-state index >= 15 is 8.78 Å². The smallest absolute Gasteiger partial charge is 0.267 e. The number of aryl methyl sites for hydroxylation is 1. The van der Waals surface area contributed by atoms with Gasteiger partial charge in [-0.1, -0.05) is 6.07 Å². The zero-order valence-electron chi connectivity index (χ0n) is 21.0. The molecule has 1 fully saturated rings. The Morgan fingerprint density at radius 2 is 1.82 bits per heavy atom. The van der Waals surface area contributed by atoms with E-state index in [1.54, 1.807) is 6.07 Å². The van der Waals surface area contributed by atoms with Crippen LogP contribution in [0, 0.1) is 18.6 Å². The van der Waals surface area contributed by atoms with Crippen molar-refractivity contribution in [2.75, 3.05) is 26.7 Å². The lowest BCUT2D eigenvalue weighted by atomic mass is 9.91. The van der Waals surface area contributed by atoms with Crippen LogP contribution in [0.5, 0.6) is 0 Å². The van der Waals surface area contributed by atoms with Gasteiger partial charge in [-0.2, -0.15) is 5.10 Å². The van der Waals surface area contributed by atoms with E-state index in [0.717, 1.165) is 36.0 Å². The number of aromatic nitrogens is 2. The number of carbonyl (C=O) groups excluding carboxylic acids is 1. The normalized spacial score (nSPS) is 17.3. The van der Waals surface area contributed by atoms with Crippen LogP contribution in [-0.4, -0.2) is 58.5 Å². The minimum atomic E-state index is -2.94. The number of H-pyrrole nitrogens is 1. The highest BCUT2D eigenvalue weighted by Crippen LogP contribution is 2.36. The zero-order chi connectivity index (χ0) is 26.8. The molecule has 196 valence electrons. The predicted molar refractivity (Wildman–Crippen MR) is 137 cm³/mol. The standard InChI is InChI=1S/C29H26F4N4O/c1-16-9-18(10-19-14-36(2)7-5-20(16)19)27-23-12-22(25(31)13-26(23)34-35-27)21-4-3-17(11-24(21)30)28(38)37-8-6-29(32,33)15-37/h3-4,9-13H,5-8,14-15H2,1-2H3,(H,34,35). The maximum atomic E-state index is 15.2. The van der Waals surface area contributed by atoms with Gasteiger partial charge < -0.3 is 9.80 Å². The van der Waals surface area contributed by atoms with Crippen molar-refractivity contribution in [3.05, 3.63) is 76.4 Å². The molecule has 9 heteroatoms. The van der Waals surface area contributed by atoms with Gasteiger partial charge in [0.1, 0.15) is 11.6 Å². The van der Waals surface area contributed by atoms with Crippen molar-refractivity contribution in [2.45, 2.75) is 32.2 Å². The lowest BCUT2D eigenvalue weighted by Crippen LogP contribution is -2.31. The molecule has 0 unspecified atom stereocenters. The molecule has 0 bridgehead atoms. The van der Waals surface area contributed by atoms with Crippen LogP contribution in [-0.2, 0) is 13.0 Å². The third-order valence-electron chi connectivity index (χ3n) is 7.64. The van der Waals surface area contributed by atoms with Crippen LogP contribution < -0.4 is 0 Å². The molecule has 2 aliphatic heterocycles. The van der Waals surface area contributed by atoms with E-state index in [1.165, 1.54) is 34.9 Å². The number of aromatic amines is 1. The first-order valence-corrected chi connectivity index (χ1v) is 12.6. The summed E-state index contributed by atoms with van der Waals surface area (Å²) in [5.41, 5.74) is 5.71. The van der Waals surface area contributed by atoms with Gasteiger partial charge >= 0.3 is 0 Å². The van der Waals surface area contributed by atoms with Crippen LogP contribution in [0.15, 0.2) is 42.5 Å². The summed E-state index contributed by atoms with van der Waals surface area (Å²) in [6, 6.07) is 10.7. The topological polar surface area (TPSA) is 52.2 Å². The van der Waals surface area contributed by atoms with Gasteiger partial charge in [0.15, 0.2) is 0 Å². The Balaban J connectivity index is 1.38. The van der Waals surface area contributed by atoms with Crippen molar-refractivity contribution < 1.29 is 22.4 Å². The number of carbonyl (C=O) groups is 1. The molecule has 0 saturated carbocycles. The summed E-state index contributed by atoms with van der Waals surface area (Å²) < 4.78 is 57.4. The van der Waals surface area contributed by atoms with Crippen molar-refractivity contribution in [3.63, 3.8) is 0 Å². The maximum absolute atomic E-state index is 15.2. The van der Waals surface area contributed by atoms with Crippen LogP contribution >= 0.6 is 0 Å². The lowest BCUT2D eigenvalue weighted by molar-refractivity contribution is 0.0120. The van der Waals surface area contributed by atoms with Gasteiger partial charge in [0.2, 0.25) is 0 Å². The zero-order valence-corrected chi connectivity index (χ0v) is 21.0. The Morgan fingerprint density at radius 1 is 1.03 bits per heavy atom. The highest BCUT2D eigenvalue weighted by Gasteiger charge is 2.40. The molecule has 1 aromatic heterocycles. The second-order valence-corrected chi connectivity index (χ2v) is 10.4. The Bertz CT molecular complexity index is 1600. The monoisotopic (exact) mass is 522 g/mol. The van der Waals surface area contributed by atoms with Crippen molar-refractivity contribution in [2.24, 2.45) is 0 Å². The second-order valence-electron chi connectivity index (χ2n) is 10.4. The molecule has 0 aliphatic carbocycles. The molecular weight excluding hydrogens is 496 g/mol. The van der Waals surface area contributed by atoms with E-state index in [2.05, 4.69) is 41.2 Å². The Labute approximate surface area is 217 Å². The molecule has 5 nitrogen and oxygen atoms in total. The molecule has 2 aliphatic rings. The number of nitrogens with one attached hydrogen (secondary N) is 1. The van der Waals surface area contributed by atoms with E-state index in [0.29, 0.717) is 16.6 Å². The number of alkyl halides is 2. The first-order chi connectivity index (χ1) is 18.1. The van der Waals surface area contributed by atoms with Gasteiger partial charge in [-0.05, 0) is 67.4 Å². The Kier molecular flexibility index (Phi) is 5.79. The minimum Gasteiger partial charge on any atom is -0.332 e. The highest BCUT2D eigenvalue weighted by molar-refractivity contribution is 5.97. The third-order valence-corrected chi connectivity index (χ3v) is 7.64. The fourth-order valence-electron chi connectivity index (χ4n) is 5.62. The number of nitrogens with zero attached hydrogens (tertiary/aromatic N) is 3. The molecule has 0 radical (unpaired) electrons. The van der Waals surface area contributed by atoms with Crippen molar-refractivity contribution in [1.82, 2.24) is 20.0 Å². The molecule has 6 rings (SSSR count). The first-order valence-electron chi connectivity index (χ1n) is 12.6. The second kappa shape index (κ2) is 8.94. The van der Waals surface area contributed by atoms with E-state index in [-0.39, 0.29) is 23.2 Å². The van der Waals surface area contributed by atoms with Gasteiger partial charge in [0, 0.05) is 59.8 Å². The van der Waals surface area contributed by atoms with E-state index in [9.17, 15) is 13.6 Å². The van der Waals surface area contributed by atoms with Gasteiger partial charge in [0.05, 0.1) is 17.8 Å². The Hall–Kier alpha value is -3.72. The molecule has 1 N–H and O–H groups in total. The number of fused-ring (bicyclic) bond motifs is 2. The summed E-state index contributed by atoms with van der Waals surface area (Å²) in [6.07, 6.45) is 0.560. The Morgan fingerprint density at radius 3 is 2.55 bits per heavy atom. The number of likely N-dealkylation sites (N-methyl/N-ethyl adjacent to an activating group) is 1. The molecule has 1 amide bonds. The van der Waals surface area contributed by atoms with Crippen LogP contribution in [0.25, 0.3) is 33.3 Å². The lowest BCUT2D eigenvalue weighted by Gasteiger charge is -2.26. The number of hydrogen-bond donors (Lipinski definition) is 1. The van der Waals surface area contributed by atoms with Gasteiger partial charge in [-0.15, -0.1) is 0 Å². The van der Waals surface area contributed by atoms with Gasteiger partial charge in [0.25, 0.3) is 11.8 Å². The van der Waals surface area contributed by atoms with Crippen LogP contribution in [0.1, 0.15) is 33.5 Å². The van der Waals surface area contributed by atoms with E-state index < -0.39 is 36.4 Å². The first kappa shape index (κ1) is 24.6. The van der Waals surface area contributed by atoms with Gasteiger partial charge in [-0.25, -0.2) is 17.6 Å². The summed E-state index contributed by atoms with van der Waals surface area (Å²) in [5, 5.41) is 7.98. The summed E-state index contributed by atoms with van der Waals surface area (Å²) in [6.45, 7) is 3.12. The third kappa shape index (κ3) is 4.24. The average molecular weight is 523 g/mol. The molecule has 0 atom stereocenters. The number of benzene rings is 3. The number of hydrogen-bond acceptors (Lipinski definition) is 3. The molecule has 4 aromatic rings. The molecule has 1 saturated heterocycles. The van der Waals surface area contributed by atoms with Crippen molar-refractivity contribution >= 4 is 16.8 Å². The number of halogens is 4. The molecule has 0 spiro atoms. The van der Waals surface area contributed by atoms with Crippen molar-refractivity contribution in [1.29, 1.82) is 0 Å². The van der Waals surface area contributed by atoms with E-state index in [4.69, 9.17) is 0 Å². The number of likely N-dealkylation sites (tertiary alicyclic amines) is 1. The highest BCUT2D eigenvalue weighted by atomic mass is 19.3. The van der Waals surface area contributed by atoms with Crippen LogP contribution in [0.2, 0.25) is 0 Å². The predicted octanol–water partition coefficient (Wildman–Crippen LogP) is 5.95. The van der Waals surface area contributed by atoms with Crippen LogP contribution in [0.4, 0.5) is 17.6 Å². The quantitative estimate of drug-likeness (QED) is 0.338. The summed E-state index contributed by atoms with van der Waals surface area (Å²) in [5.74, 6) is -5.07.